The van der Waals surface area contributed by atoms with Gasteiger partial charge in [0.05, 0.1) is 6.54 Å². The lowest BCUT2D eigenvalue weighted by Crippen LogP contribution is -2.47. The van der Waals surface area contributed by atoms with E-state index < -0.39 is 6.04 Å². The van der Waals surface area contributed by atoms with Gasteiger partial charge in [-0.15, -0.1) is 0 Å². The molecule has 1 N–H and O–H groups in total. The summed E-state index contributed by atoms with van der Waals surface area (Å²) in [6.07, 6.45) is 5.11. The summed E-state index contributed by atoms with van der Waals surface area (Å²) >= 11 is 0. The number of hydrogen-bond acceptors (Lipinski definition) is 3. The van der Waals surface area contributed by atoms with Crippen LogP contribution in [-0.4, -0.2) is 27.4 Å². The normalized spacial score (nSPS) is 15.2. The van der Waals surface area contributed by atoms with E-state index in [0.717, 1.165) is 30.0 Å². The molecule has 6 heteroatoms. The standard InChI is InChI=1S/C23H24N4O2/c1-17(28)27-20-10-6-5-9-19(20)15-21(27)23(29)25-16-22-24-12-14-26(22)13-11-18-7-3-2-4-8-18/h2-10,12,14,21H,11,13,15-16H2,1H3,(H,25,29)/t21-/m0/s1. The third-order valence-corrected chi connectivity index (χ3v) is 5.32. The molecule has 0 spiro atoms. The minimum Gasteiger partial charge on any atom is -0.347 e. The number of rotatable bonds is 6. The zero-order valence-corrected chi connectivity index (χ0v) is 16.4. The molecule has 2 amide bonds. The Kier molecular flexibility index (Phi) is 5.42. The number of nitrogens with one attached hydrogen (secondary N) is 1. The molecule has 3 aromatic rings. The quantitative estimate of drug-likeness (QED) is 0.706. The van der Waals surface area contributed by atoms with Crippen molar-refractivity contribution in [1.29, 1.82) is 0 Å². The van der Waals surface area contributed by atoms with Crippen LogP contribution in [0.1, 0.15) is 23.9 Å². The molecule has 2 heterocycles. The van der Waals surface area contributed by atoms with Crippen molar-refractivity contribution in [3.05, 3.63) is 83.9 Å². The van der Waals surface area contributed by atoms with Gasteiger partial charge in [-0.2, -0.15) is 0 Å². The van der Waals surface area contributed by atoms with Gasteiger partial charge in [-0.1, -0.05) is 48.5 Å². The first kappa shape index (κ1) is 18.9. The van der Waals surface area contributed by atoms with Crippen LogP contribution >= 0.6 is 0 Å². The number of aryl methyl sites for hydroxylation is 2. The Bertz CT molecular complexity index is 1010. The highest BCUT2D eigenvalue weighted by molar-refractivity contribution is 6.02. The van der Waals surface area contributed by atoms with Crippen molar-refractivity contribution >= 4 is 17.5 Å². The molecule has 0 saturated heterocycles. The summed E-state index contributed by atoms with van der Waals surface area (Å²) in [5.41, 5.74) is 3.11. The van der Waals surface area contributed by atoms with E-state index in [1.807, 2.05) is 48.7 Å². The Balaban J connectivity index is 1.39. The number of carbonyl (C=O) groups is 2. The van der Waals surface area contributed by atoms with Crippen LogP contribution in [0.2, 0.25) is 0 Å². The van der Waals surface area contributed by atoms with Gasteiger partial charge in [-0.05, 0) is 23.6 Å². The third-order valence-electron chi connectivity index (χ3n) is 5.32. The molecule has 4 rings (SSSR count). The van der Waals surface area contributed by atoms with Crippen LogP contribution in [0.25, 0.3) is 0 Å². The number of anilines is 1. The highest BCUT2D eigenvalue weighted by Crippen LogP contribution is 2.32. The maximum Gasteiger partial charge on any atom is 0.243 e. The highest BCUT2D eigenvalue weighted by atomic mass is 16.2. The van der Waals surface area contributed by atoms with Crippen molar-refractivity contribution in [3.8, 4) is 0 Å². The summed E-state index contributed by atoms with van der Waals surface area (Å²) in [7, 11) is 0. The first-order valence-electron chi connectivity index (χ1n) is 9.83. The largest absolute Gasteiger partial charge is 0.347 e. The molecule has 0 bridgehead atoms. The molecule has 1 atom stereocenters. The summed E-state index contributed by atoms with van der Waals surface area (Å²) < 4.78 is 2.05. The van der Waals surface area contributed by atoms with E-state index >= 15 is 0 Å². The van der Waals surface area contributed by atoms with E-state index in [9.17, 15) is 9.59 Å². The second-order valence-corrected chi connectivity index (χ2v) is 7.23. The van der Waals surface area contributed by atoms with Gasteiger partial charge < -0.3 is 9.88 Å². The summed E-state index contributed by atoms with van der Waals surface area (Å²) in [5.74, 6) is 0.521. The zero-order chi connectivity index (χ0) is 20.2. The Morgan fingerprint density at radius 1 is 1.10 bits per heavy atom. The van der Waals surface area contributed by atoms with Gasteiger partial charge in [0.2, 0.25) is 11.8 Å². The highest BCUT2D eigenvalue weighted by Gasteiger charge is 2.36. The molecule has 0 radical (unpaired) electrons. The number of para-hydroxylation sites is 1. The first-order valence-corrected chi connectivity index (χ1v) is 9.83. The Morgan fingerprint density at radius 2 is 1.86 bits per heavy atom. The molecule has 0 aliphatic carbocycles. The zero-order valence-electron chi connectivity index (χ0n) is 16.4. The van der Waals surface area contributed by atoms with Gasteiger partial charge in [0.15, 0.2) is 0 Å². The molecule has 148 valence electrons. The van der Waals surface area contributed by atoms with E-state index in [0.29, 0.717) is 13.0 Å². The second-order valence-electron chi connectivity index (χ2n) is 7.23. The maximum atomic E-state index is 12.9. The van der Waals surface area contributed by atoms with Crippen molar-refractivity contribution in [3.63, 3.8) is 0 Å². The topological polar surface area (TPSA) is 67.2 Å². The fourth-order valence-electron chi connectivity index (χ4n) is 3.87. The summed E-state index contributed by atoms with van der Waals surface area (Å²) in [6.45, 7) is 2.63. The molecule has 2 aromatic carbocycles. The van der Waals surface area contributed by atoms with Gasteiger partial charge in [0, 0.05) is 38.0 Å². The third kappa shape index (κ3) is 4.06. The van der Waals surface area contributed by atoms with E-state index in [-0.39, 0.29) is 11.8 Å². The number of fused-ring (bicyclic) bond motifs is 1. The van der Waals surface area contributed by atoms with Crippen LogP contribution in [0.5, 0.6) is 0 Å². The summed E-state index contributed by atoms with van der Waals surface area (Å²) in [4.78, 5) is 31.0. The minimum absolute atomic E-state index is 0.125. The van der Waals surface area contributed by atoms with Crippen molar-refractivity contribution in [1.82, 2.24) is 14.9 Å². The lowest BCUT2D eigenvalue weighted by atomic mass is 10.1. The fraction of sp³-hybridized carbons (Fsp3) is 0.261. The van der Waals surface area contributed by atoms with Crippen LogP contribution in [-0.2, 0) is 35.5 Å². The van der Waals surface area contributed by atoms with Gasteiger partial charge >= 0.3 is 0 Å². The summed E-state index contributed by atoms with van der Waals surface area (Å²) in [6, 6.07) is 17.4. The van der Waals surface area contributed by atoms with Gasteiger partial charge in [-0.25, -0.2) is 4.98 Å². The second kappa shape index (κ2) is 8.31. The van der Waals surface area contributed by atoms with Crippen molar-refractivity contribution in [2.75, 3.05) is 4.90 Å². The van der Waals surface area contributed by atoms with E-state index in [4.69, 9.17) is 0 Å². The Hall–Kier alpha value is -3.41. The number of hydrogen-bond donors (Lipinski definition) is 1. The van der Waals surface area contributed by atoms with Crippen LogP contribution in [0.4, 0.5) is 5.69 Å². The number of aromatic nitrogens is 2. The van der Waals surface area contributed by atoms with Crippen LogP contribution < -0.4 is 10.2 Å². The lowest BCUT2D eigenvalue weighted by molar-refractivity contribution is -0.125. The first-order chi connectivity index (χ1) is 14.1. The predicted octanol–water partition coefficient (Wildman–Crippen LogP) is 2.72. The molecule has 0 unspecified atom stereocenters. The van der Waals surface area contributed by atoms with E-state index in [2.05, 4.69) is 27.0 Å². The minimum atomic E-state index is -0.516. The van der Waals surface area contributed by atoms with E-state index in [1.165, 1.54) is 12.5 Å². The SMILES string of the molecule is CC(=O)N1c2ccccc2C[C@H]1C(=O)NCc1nccn1CCc1ccccc1. The van der Waals surface area contributed by atoms with Crippen molar-refractivity contribution < 1.29 is 9.59 Å². The number of carbonyl (C=O) groups excluding carboxylic acids is 2. The lowest BCUT2D eigenvalue weighted by Gasteiger charge is -2.23. The molecule has 1 aliphatic rings. The van der Waals surface area contributed by atoms with Gasteiger partial charge in [0.25, 0.3) is 0 Å². The Morgan fingerprint density at radius 3 is 2.66 bits per heavy atom. The van der Waals surface area contributed by atoms with E-state index in [1.54, 1.807) is 11.1 Å². The monoisotopic (exact) mass is 388 g/mol. The summed E-state index contributed by atoms with van der Waals surface area (Å²) in [5, 5.41) is 2.97. The van der Waals surface area contributed by atoms with Crippen molar-refractivity contribution in [2.24, 2.45) is 0 Å². The smallest absolute Gasteiger partial charge is 0.243 e. The number of benzene rings is 2. The molecule has 1 aliphatic heterocycles. The van der Waals surface area contributed by atoms with Crippen LogP contribution in [0.3, 0.4) is 0 Å². The maximum absolute atomic E-state index is 12.9. The van der Waals surface area contributed by atoms with Crippen LogP contribution in [0.15, 0.2) is 67.0 Å². The molecular weight excluding hydrogens is 364 g/mol. The number of nitrogens with zero attached hydrogens (tertiary/aromatic N) is 3. The average molecular weight is 388 g/mol. The molecule has 0 fully saturated rings. The molecule has 29 heavy (non-hydrogen) atoms. The van der Waals surface area contributed by atoms with Crippen LogP contribution in [0, 0.1) is 0 Å². The average Bonchev–Trinajstić information content (AvgIpc) is 3.35. The van der Waals surface area contributed by atoms with Gasteiger partial charge in [-0.3, -0.25) is 14.5 Å². The molecule has 1 aromatic heterocycles. The molecular formula is C23H24N4O2. The molecule has 0 saturated carbocycles. The predicted molar refractivity (Wildman–Crippen MR) is 111 cm³/mol. The molecule has 6 nitrogen and oxygen atoms in total. The van der Waals surface area contributed by atoms with Crippen molar-refractivity contribution in [2.45, 2.75) is 38.9 Å². The number of amides is 2. The Labute approximate surface area is 170 Å². The van der Waals surface area contributed by atoms with Gasteiger partial charge in [0.1, 0.15) is 11.9 Å². The fourth-order valence-corrected chi connectivity index (χ4v) is 3.87. The number of imidazole rings is 1.